The monoisotopic (exact) mass is 209 g/mol. The Bertz CT molecular complexity index is 280. The molecule has 0 amide bonds. The van der Waals surface area contributed by atoms with Crippen molar-refractivity contribution in [3.05, 3.63) is 29.8 Å². The minimum atomic E-state index is 0.606. The Morgan fingerprint density at radius 1 is 1.36 bits per heavy atom. The summed E-state index contributed by atoms with van der Waals surface area (Å²) in [6.07, 6.45) is 0. The van der Waals surface area contributed by atoms with Gasteiger partial charge in [-0.2, -0.15) is 11.8 Å². The number of ether oxygens (including phenoxy) is 1. The molecule has 14 heavy (non-hydrogen) atoms. The van der Waals surface area contributed by atoms with Crippen LogP contribution in [-0.4, -0.2) is 26.0 Å². The van der Waals surface area contributed by atoms with Gasteiger partial charge in [0.15, 0.2) is 0 Å². The van der Waals surface area contributed by atoms with E-state index in [-0.39, 0.29) is 0 Å². The first-order chi connectivity index (χ1) is 6.90. The lowest BCUT2D eigenvalue weighted by molar-refractivity contribution is 0.414. The summed E-state index contributed by atoms with van der Waals surface area (Å²) in [7, 11) is 1.70. The number of rotatable bonds is 2. The van der Waals surface area contributed by atoms with Gasteiger partial charge in [-0.15, -0.1) is 0 Å². The van der Waals surface area contributed by atoms with E-state index >= 15 is 0 Å². The van der Waals surface area contributed by atoms with Crippen LogP contribution in [0.2, 0.25) is 0 Å². The van der Waals surface area contributed by atoms with Crippen LogP contribution in [0.3, 0.4) is 0 Å². The van der Waals surface area contributed by atoms with Gasteiger partial charge < -0.3 is 10.1 Å². The number of nitrogens with one attached hydrogen (secondary N) is 1. The van der Waals surface area contributed by atoms with E-state index in [9.17, 15) is 0 Å². The van der Waals surface area contributed by atoms with E-state index in [4.69, 9.17) is 4.74 Å². The minimum Gasteiger partial charge on any atom is -0.497 e. The zero-order chi connectivity index (χ0) is 9.80. The Kier molecular flexibility index (Phi) is 3.32. The maximum Gasteiger partial charge on any atom is 0.118 e. The molecule has 1 aromatic carbocycles. The van der Waals surface area contributed by atoms with Crippen LogP contribution in [0.5, 0.6) is 5.75 Å². The van der Waals surface area contributed by atoms with Crippen LogP contribution in [0.4, 0.5) is 0 Å². The van der Waals surface area contributed by atoms with Crippen molar-refractivity contribution in [2.24, 2.45) is 0 Å². The maximum absolute atomic E-state index is 5.13. The first kappa shape index (κ1) is 9.87. The molecular formula is C11H15NOS. The highest BCUT2D eigenvalue weighted by atomic mass is 32.2. The fourth-order valence-corrected chi connectivity index (χ4v) is 2.73. The molecule has 0 aliphatic carbocycles. The SMILES string of the molecule is COc1ccc([C@@H]2CNCCS2)cc1. The highest BCUT2D eigenvalue weighted by Gasteiger charge is 2.14. The molecule has 0 radical (unpaired) electrons. The van der Waals surface area contributed by atoms with Gasteiger partial charge in [-0.05, 0) is 17.7 Å². The number of thioether (sulfide) groups is 1. The number of hydrogen-bond donors (Lipinski definition) is 1. The van der Waals surface area contributed by atoms with Gasteiger partial charge in [-0.25, -0.2) is 0 Å². The lowest BCUT2D eigenvalue weighted by atomic mass is 10.1. The Labute approximate surface area is 89.0 Å². The van der Waals surface area contributed by atoms with E-state index in [0.717, 1.165) is 18.8 Å². The third-order valence-corrected chi connectivity index (χ3v) is 3.70. The minimum absolute atomic E-state index is 0.606. The molecule has 1 fully saturated rings. The Hall–Kier alpha value is -0.670. The molecule has 2 nitrogen and oxygen atoms in total. The van der Waals surface area contributed by atoms with Crippen molar-refractivity contribution in [2.45, 2.75) is 5.25 Å². The predicted octanol–water partition coefficient (Wildman–Crippen LogP) is 2.07. The van der Waals surface area contributed by atoms with Crippen molar-refractivity contribution in [3.63, 3.8) is 0 Å². The lowest BCUT2D eigenvalue weighted by Gasteiger charge is -2.22. The van der Waals surface area contributed by atoms with Crippen LogP contribution in [0.1, 0.15) is 10.8 Å². The van der Waals surface area contributed by atoms with Crippen molar-refractivity contribution in [1.82, 2.24) is 5.32 Å². The van der Waals surface area contributed by atoms with Crippen LogP contribution < -0.4 is 10.1 Å². The van der Waals surface area contributed by atoms with Gasteiger partial charge in [0.2, 0.25) is 0 Å². The molecule has 1 heterocycles. The van der Waals surface area contributed by atoms with Gasteiger partial charge in [0, 0.05) is 24.1 Å². The zero-order valence-electron chi connectivity index (χ0n) is 8.32. The third-order valence-electron chi connectivity index (χ3n) is 2.42. The second-order valence-electron chi connectivity index (χ2n) is 3.34. The summed E-state index contributed by atoms with van der Waals surface area (Å²) in [5.41, 5.74) is 1.39. The lowest BCUT2D eigenvalue weighted by Crippen LogP contribution is -2.27. The predicted molar refractivity (Wildman–Crippen MR) is 61.1 cm³/mol. The van der Waals surface area contributed by atoms with Crippen LogP contribution in [0.15, 0.2) is 24.3 Å². The van der Waals surface area contributed by atoms with Gasteiger partial charge in [0.1, 0.15) is 5.75 Å². The van der Waals surface area contributed by atoms with Crippen molar-refractivity contribution in [1.29, 1.82) is 0 Å². The Morgan fingerprint density at radius 3 is 2.71 bits per heavy atom. The second-order valence-corrected chi connectivity index (χ2v) is 4.65. The smallest absolute Gasteiger partial charge is 0.118 e. The topological polar surface area (TPSA) is 21.3 Å². The Morgan fingerprint density at radius 2 is 2.14 bits per heavy atom. The summed E-state index contributed by atoms with van der Waals surface area (Å²) >= 11 is 2.03. The third kappa shape index (κ3) is 2.22. The van der Waals surface area contributed by atoms with Crippen LogP contribution in [0.25, 0.3) is 0 Å². The van der Waals surface area contributed by atoms with Gasteiger partial charge in [-0.1, -0.05) is 12.1 Å². The average Bonchev–Trinajstić information content (AvgIpc) is 2.30. The first-order valence-electron chi connectivity index (χ1n) is 4.86. The second kappa shape index (κ2) is 4.71. The molecule has 0 unspecified atom stereocenters. The highest BCUT2D eigenvalue weighted by molar-refractivity contribution is 7.99. The first-order valence-corrected chi connectivity index (χ1v) is 5.91. The molecule has 1 aliphatic rings. The van der Waals surface area contributed by atoms with Crippen molar-refractivity contribution >= 4 is 11.8 Å². The number of hydrogen-bond acceptors (Lipinski definition) is 3. The van der Waals surface area contributed by atoms with Crippen LogP contribution in [0, 0.1) is 0 Å². The fourth-order valence-electron chi connectivity index (χ4n) is 1.60. The Balaban J connectivity index is 2.07. The van der Waals surface area contributed by atoms with E-state index in [1.165, 1.54) is 11.3 Å². The molecule has 1 aromatic rings. The molecule has 0 spiro atoms. The van der Waals surface area contributed by atoms with Crippen LogP contribution in [-0.2, 0) is 0 Å². The van der Waals surface area contributed by atoms with Gasteiger partial charge in [0.05, 0.1) is 7.11 Å². The van der Waals surface area contributed by atoms with Crippen molar-refractivity contribution < 1.29 is 4.74 Å². The van der Waals surface area contributed by atoms with E-state index < -0.39 is 0 Å². The summed E-state index contributed by atoms with van der Waals surface area (Å²) in [5.74, 6) is 2.14. The average molecular weight is 209 g/mol. The van der Waals surface area contributed by atoms with Crippen molar-refractivity contribution in [3.8, 4) is 5.75 Å². The van der Waals surface area contributed by atoms with Crippen LogP contribution >= 0.6 is 11.8 Å². The molecule has 1 atom stereocenters. The largest absolute Gasteiger partial charge is 0.497 e. The van der Waals surface area contributed by atoms with E-state index in [0.29, 0.717) is 5.25 Å². The van der Waals surface area contributed by atoms with E-state index in [1.54, 1.807) is 7.11 Å². The molecule has 1 saturated heterocycles. The molecule has 0 saturated carbocycles. The molecule has 0 bridgehead atoms. The molecule has 2 rings (SSSR count). The summed E-state index contributed by atoms with van der Waals surface area (Å²) in [6.45, 7) is 2.22. The van der Waals surface area contributed by atoms with E-state index in [2.05, 4.69) is 17.4 Å². The van der Waals surface area contributed by atoms with Gasteiger partial charge in [-0.3, -0.25) is 0 Å². The number of methoxy groups -OCH3 is 1. The highest BCUT2D eigenvalue weighted by Crippen LogP contribution is 2.30. The summed E-state index contributed by atoms with van der Waals surface area (Å²) in [4.78, 5) is 0. The van der Waals surface area contributed by atoms with Crippen molar-refractivity contribution in [2.75, 3.05) is 26.0 Å². The molecular weight excluding hydrogens is 194 g/mol. The number of benzene rings is 1. The summed E-state index contributed by atoms with van der Waals surface area (Å²) in [6, 6.07) is 8.38. The molecule has 1 N–H and O–H groups in total. The summed E-state index contributed by atoms with van der Waals surface area (Å²) in [5, 5.41) is 4.02. The normalized spacial score (nSPS) is 21.9. The molecule has 1 aliphatic heterocycles. The standard InChI is InChI=1S/C11H15NOS/c1-13-10-4-2-9(3-5-10)11-8-12-6-7-14-11/h2-5,11-12H,6-8H2,1H3/t11-/m0/s1. The maximum atomic E-state index is 5.13. The van der Waals surface area contributed by atoms with Gasteiger partial charge >= 0.3 is 0 Å². The van der Waals surface area contributed by atoms with Gasteiger partial charge in [0.25, 0.3) is 0 Å². The molecule has 3 heteroatoms. The van der Waals surface area contributed by atoms with E-state index in [1.807, 2.05) is 23.9 Å². The quantitative estimate of drug-likeness (QED) is 0.805. The zero-order valence-corrected chi connectivity index (χ0v) is 9.14. The molecule has 76 valence electrons. The fraction of sp³-hybridized carbons (Fsp3) is 0.455. The molecule has 0 aromatic heterocycles. The summed E-state index contributed by atoms with van der Waals surface area (Å²) < 4.78 is 5.13.